The average molecular weight is 498 g/mol. The first-order valence-corrected chi connectivity index (χ1v) is 13.5. The van der Waals surface area contributed by atoms with E-state index in [1.54, 1.807) is 0 Å². The number of hydrogen-bond donors (Lipinski definition) is 0. The minimum absolute atomic E-state index is 0.211. The van der Waals surface area contributed by atoms with Crippen molar-refractivity contribution in [3.8, 4) is 16.8 Å². The van der Waals surface area contributed by atoms with Crippen LogP contribution in [0.4, 0.5) is 0 Å². The first-order chi connectivity index (χ1) is 19.3. The molecular weight excluding hydrogens is 474 g/mol. The maximum absolute atomic E-state index is 6.47. The molecule has 0 unspecified atom stereocenters. The van der Waals surface area contributed by atoms with Gasteiger partial charge in [0.05, 0.1) is 11.0 Å². The van der Waals surface area contributed by atoms with Gasteiger partial charge in [-0.3, -0.25) is 0 Å². The van der Waals surface area contributed by atoms with E-state index >= 15 is 0 Å². The van der Waals surface area contributed by atoms with Crippen LogP contribution in [0.5, 0.6) is 0 Å². The number of benzene rings is 6. The van der Waals surface area contributed by atoms with Crippen LogP contribution >= 0.6 is 0 Å². The van der Waals surface area contributed by atoms with Gasteiger partial charge in [-0.25, -0.2) is 0 Å². The lowest BCUT2D eigenvalue weighted by Crippen LogP contribution is -1.98. The second-order valence-corrected chi connectivity index (χ2v) is 10.5. The molecule has 182 valence electrons. The van der Waals surface area contributed by atoms with Crippen molar-refractivity contribution in [2.75, 3.05) is 0 Å². The standard InChI is InChI=1S/C37H23NO/c1-3-13-30-25(9-1)26-10-2-4-14-31(26)37(30)23-17-19-29-32-22-24(18-20-35(32)39-36(29)21-23)38-33-15-7-5-11-27(33)28-12-6-8-16-34(28)38/h1-22,37H. The maximum Gasteiger partial charge on any atom is 0.135 e. The van der Waals surface area contributed by atoms with Crippen LogP contribution in [0.2, 0.25) is 0 Å². The summed E-state index contributed by atoms with van der Waals surface area (Å²) in [5, 5.41) is 4.83. The molecule has 2 heteroatoms. The fourth-order valence-electron chi connectivity index (χ4n) is 6.82. The molecule has 0 bridgehead atoms. The van der Waals surface area contributed by atoms with Gasteiger partial charge in [0.25, 0.3) is 0 Å². The number of rotatable bonds is 2. The Hall–Kier alpha value is -5.08. The Morgan fingerprint density at radius 3 is 1.77 bits per heavy atom. The van der Waals surface area contributed by atoms with Crippen molar-refractivity contribution < 1.29 is 4.42 Å². The van der Waals surface area contributed by atoms with Crippen LogP contribution in [0.1, 0.15) is 22.6 Å². The molecule has 0 atom stereocenters. The van der Waals surface area contributed by atoms with E-state index in [1.807, 2.05) is 0 Å². The SMILES string of the molecule is c1ccc2c(c1)-c1ccccc1C2c1ccc2c(c1)oc1ccc(-n3c4ccccc4c4ccccc43)cc12. The van der Waals surface area contributed by atoms with Crippen molar-refractivity contribution >= 4 is 43.7 Å². The van der Waals surface area contributed by atoms with E-state index < -0.39 is 0 Å². The maximum atomic E-state index is 6.47. The van der Waals surface area contributed by atoms with E-state index in [1.165, 1.54) is 49.6 Å². The van der Waals surface area contributed by atoms with E-state index in [0.717, 1.165) is 27.6 Å². The molecule has 0 N–H and O–H groups in total. The quantitative estimate of drug-likeness (QED) is 0.232. The summed E-state index contributed by atoms with van der Waals surface area (Å²) in [5.41, 5.74) is 12.1. The van der Waals surface area contributed by atoms with Crippen LogP contribution in [0.3, 0.4) is 0 Å². The zero-order valence-electron chi connectivity index (χ0n) is 21.1. The lowest BCUT2D eigenvalue weighted by atomic mass is 9.89. The summed E-state index contributed by atoms with van der Waals surface area (Å²) in [5.74, 6) is 0.211. The first-order valence-electron chi connectivity index (χ1n) is 13.5. The number of fused-ring (bicyclic) bond motifs is 9. The van der Waals surface area contributed by atoms with Crippen molar-refractivity contribution in [3.63, 3.8) is 0 Å². The monoisotopic (exact) mass is 497 g/mol. The van der Waals surface area contributed by atoms with Gasteiger partial charge in [-0.2, -0.15) is 0 Å². The summed E-state index contributed by atoms with van der Waals surface area (Å²) in [4.78, 5) is 0. The first kappa shape index (κ1) is 20.9. The molecule has 9 rings (SSSR count). The zero-order valence-corrected chi connectivity index (χ0v) is 21.1. The van der Waals surface area contributed by atoms with Gasteiger partial charge in [-0.05, 0) is 64.2 Å². The summed E-state index contributed by atoms with van der Waals surface area (Å²) < 4.78 is 8.83. The van der Waals surface area contributed by atoms with Crippen LogP contribution in [-0.2, 0) is 0 Å². The molecule has 0 fully saturated rings. The molecular formula is C37H23NO. The summed E-state index contributed by atoms with van der Waals surface area (Å²) in [7, 11) is 0. The molecule has 0 aliphatic heterocycles. The average Bonchev–Trinajstić information content (AvgIpc) is 3.64. The summed E-state index contributed by atoms with van der Waals surface area (Å²) in [6, 6.07) is 48.2. The largest absolute Gasteiger partial charge is 0.456 e. The molecule has 1 aliphatic rings. The number of nitrogens with zero attached hydrogens (tertiary/aromatic N) is 1. The molecule has 2 nitrogen and oxygen atoms in total. The highest BCUT2D eigenvalue weighted by atomic mass is 16.3. The van der Waals surface area contributed by atoms with E-state index in [9.17, 15) is 0 Å². The Morgan fingerprint density at radius 2 is 1.08 bits per heavy atom. The highest BCUT2D eigenvalue weighted by Crippen LogP contribution is 2.48. The molecule has 0 amide bonds. The van der Waals surface area contributed by atoms with Crippen molar-refractivity contribution in [1.82, 2.24) is 4.57 Å². The third-order valence-electron chi connectivity index (χ3n) is 8.48. The predicted octanol–water partition coefficient (Wildman–Crippen LogP) is 9.84. The Balaban J connectivity index is 1.24. The smallest absolute Gasteiger partial charge is 0.135 e. The second kappa shape index (κ2) is 7.72. The van der Waals surface area contributed by atoms with Crippen LogP contribution < -0.4 is 0 Å². The second-order valence-electron chi connectivity index (χ2n) is 10.5. The Labute approximate surface area is 225 Å². The lowest BCUT2D eigenvalue weighted by molar-refractivity contribution is 0.668. The van der Waals surface area contributed by atoms with Gasteiger partial charge in [0.15, 0.2) is 0 Å². The number of furan rings is 1. The van der Waals surface area contributed by atoms with Crippen molar-refractivity contribution in [2.45, 2.75) is 5.92 Å². The molecule has 2 aromatic heterocycles. The van der Waals surface area contributed by atoms with Crippen molar-refractivity contribution in [2.24, 2.45) is 0 Å². The van der Waals surface area contributed by atoms with Gasteiger partial charge in [0, 0.05) is 33.2 Å². The highest BCUT2D eigenvalue weighted by Gasteiger charge is 2.29. The highest BCUT2D eigenvalue weighted by molar-refractivity contribution is 6.10. The fourth-order valence-corrected chi connectivity index (χ4v) is 6.82. The third kappa shape index (κ3) is 2.86. The molecule has 0 saturated carbocycles. The molecule has 0 saturated heterocycles. The van der Waals surface area contributed by atoms with Gasteiger partial charge < -0.3 is 8.98 Å². The van der Waals surface area contributed by atoms with Crippen LogP contribution in [0, 0.1) is 0 Å². The van der Waals surface area contributed by atoms with Crippen LogP contribution in [0.25, 0.3) is 60.6 Å². The van der Waals surface area contributed by atoms with E-state index in [0.29, 0.717) is 0 Å². The predicted molar refractivity (Wildman–Crippen MR) is 161 cm³/mol. The third-order valence-corrected chi connectivity index (χ3v) is 8.48. The van der Waals surface area contributed by atoms with E-state index in [2.05, 4.69) is 138 Å². The molecule has 39 heavy (non-hydrogen) atoms. The molecule has 2 heterocycles. The van der Waals surface area contributed by atoms with Gasteiger partial charge in [-0.15, -0.1) is 0 Å². The molecule has 1 aliphatic carbocycles. The lowest BCUT2D eigenvalue weighted by Gasteiger charge is -2.14. The number of hydrogen-bond acceptors (Lipinski definition) is 1. The summed E-state index contributed by atoms with van der Waals surface area (Å²) in [6.07, 6.45) is 0. The van der Waals surface area contributed by atoms with Gasteiger partial charge in [0.2, 0.25) is 0 Å². The van der Waals surface area contributed by atoms with Gasteiger partial charge in [0.1, 0.15) is 11.2 Å². The number of aromatic nitrogens is 1. The zero-order chi connectivity index (χ0) is 25.5. The fraction of sp³-hybridized carbons (Fsp3) is 0.0270. The molecule has 0 radical (unpaired) electrons. The van der Waals surface area contributed by atoms with E-state index in [-0.39, 0.29) is 5.92 Å². The summed E-state index contributed by atoms with van der Waals surface area (Å²) in [6.45, 7) is 0. The Morgan fingerprint density at radius 1 is 0.462 bits per heavy atom. The molecule has 0 spiro atoms. The van der Waals surface area contributed by atoms with Crippen LogP contribution in [0.15, 0.2) is 138 Å². The van der Waals surface area contributed by atoms with E-state index in [4.69, 9.17) is 4.42 Å². The minimum Gasteiger partial charge on any atom is -0.456 e. The number of para-hydroxylation sites is 2. The molecule has 6 aromatic carbocycles. The van der Waals surface area contributed by atoms with Gasteiger partial charge in [-0.1, -0.05) is 97.1 Å². The van der Waals surface area contributed by atoms with Crippen molar-refractivity contribution in [3.05, 3.63) is 150 Å². The molecule has 8 aromatic rings. The van der Waals surface area contributed by atoms with Crippen molar-refractivity contribution in [1.29, 1.82) is 0 Å². The van der Waals surface area contributed by atoms with Gasteiger partial charge >= 0.3 is 0 Å². The topological polar surface area (TPSA) is 18.1 Å². The van der Waals surface area contributed by atoms with Crippen LogP contribution in [-0.4, -0.2) is 4.57 Å². The normalized spacial score (nSPS) is 13.0. The minimum atomic E-state index is 0.211. The Bertz CT molecular complexity index is 2150. The summed E-state index contributed by atoms with van der Waals surface area (Å²) >= 11 is 0. The Kier molecular flexibility index (Phi) is 4.14.